The fourth-order valence-electron chi connectivity index (χ4n) is 1.72. The minimum Gasteiger partial charge on any atom is -0.479 e. The Bertz CT molecular complexity index is 202. The lowest BCUT2D eigenvalue weighted by Gasteiger charge is -2.41. The third-order valence-corrected chi connectivity index (χ3v) is 2.71. The zero-order valence-electron chi connectivity index (χ0n) is 6.95. The number of aliphatic imine (C=N–C) groups is 1. The van der Waals surface area contributed by atoms with E-state index in [1.165, 1.54) is 0 Å². The van der Waals surface area contributed by atoms with Gasteiger partial charge in [0.25, 0.3) is 0 Å². The predicted molar refractivity (Wildman–Crippen MR) is 44.7 cm³/mol. The number of hydrogen-bond acceptors (Lipinski definition) is 2. The zero-order chi connectivity index (χ0) is 7.90. The Hall–Kier alpha value is -0.790. The van der Waals surface area contributed by atoms with Crippen molar-refractivity contribution < 1.29 is 4.74 Å². The number of hydrogen-bond donors (Lipinski definition) is 0. The summed E-state index contributed by atoms with van der Waals surface area (Å²) in [5, 5.41) is 0. The van der Waals surface area contributed by atoms with Gasteiger partial charge in [0.1, 0.15) is 6.10 Å². The van der Waals surface area contributed by atoms with Crippen molar-refractivity contribution in [1.82, 2.24) is 0 Å². The van der Waals surface area contributed by atoms with Gasteiger partial charge in [-0.05, 0) is 0 Å². The molecule has 2 aliphatic rings. The first-order chi connectivity index (χ1) is 5.21. The summed E-state index contributed by atoms with van der Waals surface area (Å²) in [6.07, 6.45) is 7.29. The van der Waals surface area contributed by atoms with Crippen LogP contribution in [0.25, 0.3) is 0 Å². The second-order valence-electron chi connectivity index (χ2n) is 3.81. The minimum atomic E-state index is 0.184. The van der Waals surface area contributed by atoms with E-state index in [1.807, 2.05) is 0 Å². The summed E-state index contributed by atoms with van der Waals surface area (Å²) >= 11 is 0. The van der Waals surface area contributed by atoms with Crippen molar-refractivity contribution in [2.75, 3.05) is 0 Å². The van der Waals surface area contributed by atoms with Gasteiger partial charge in [-0.15, -0.1) is 0 Å². The van der Waals surface area contributed by atoms with Crippen molar-refractivity contribution >= 4 is 6.40 Å². The molecule has 0 aromatic rings. The lowest BCUT2D eigenvalue weighted by atomic mass is 9.74. The van der Waals surface area contributed by atoms with E-state index in [-0.39, 0.29) is 5.41 Å². The van der Waals surface area contributed by atoms with Crippen molar-refractivity contribution in [2.24, 2.45) is 10.4 Å². The maximum atomic E-state index is 5.42. The van der Waals surface area contributed by atoms with Crippen LogP contribution in [0.1, 0.15) is 20.3 Å². The molecule has 11 heavy (non-hydrogen) atoms. The Morgan fingerprint density at radius 1 is 1.55 bits per heavy atom. The fourth-order valence-corrected chi connectivity index (χ4v) is 1.72. The van der Waals surface area contributed by atoms with E-state index in [1.54, 1.807) is 6.40 Å². The molecule has 2 bridgehead atoms. The molecule has 0 N–H and O–H groups in total. The summed E-state index contributed by atoms with van der Waals surface area (Å²) in [5.74, 6) is 0. The quantitative estimate of drug-likeness (QED) is 0.483. The maximum absolute atomic E-state index is 5.42. The molecular weight excluding hydrogens is 138 g/mol. The number of fused-ring (bicyclic) bond motifs is 2. The molecule has 0 saturated heterocycles. The second kappa shape index (κ2) is 2.10. The first kappa shape index (κ1) is 6.89. The van der Waals surface area contributed by atoms with Crippen molar-refractivity contribution in [3.05, 3.63) is 12.2 Å². The topological polar surface area (TPSA) is 21.6 Å². The van der Waals surface area contributed by atoms with Crippen LogP contribution in [0.5, 0.6) is 0 Å². The van der Waals surface area contributed by atoms with E-state index >= 15 is 0 Å². The van der Waals surface area contributed by atoms with Crippen LogP contribution in [0.2, 0.25) is 0 Å². The third-order valence-electron chi connectivity index (χ3n) is 2.71. The van der Waals surface area contributed by atoms with Crippen molar-refractivity contribution in [3.63, 3.8) is 0 Å². The van der Waals surface area contributed by atoms with Crippen LogP contribution in [0.15, 0.2) is 17.1 Å². The van der Waals surface area contributed by atoms with Crippen LogP contribution in [0.3, 0.4) is 0 Å². The van der Waals surface area contributed by atoms with Gasteiger partial charge in [0.15, 0.2) is 6.40 Å². The van der Waals surface area contributed by atoms with Gasteiger partial charge in [-0.3, -0.25) is 4.99 Å². The Balaban J connectivity index is 2.37. The van der Waals surface area contributed by atoms with Gasteiger partial charge < -0.3 is 4.74 Å². The molecule has 0 radical (unpaired) electrons. The lowest BCUT2D eigenvalue weighted by molar-refractivity contribution is 0.0383. The molecule has 2 atom stereocenters. The standard InChI is InChI=1S/C9H13NO/c1-9(2)7-4-3-5-8(9)11-6-10-7/h3-4,6-8H,5H2,1-2H3. The van der Waals surface area contributed by atoms with Gasteiger partial charge in [0.05, 0.1) is 6.04 Å². The number of nitrogens with zero attached hydrogens (tertiary/aromatic N) is 1. The lowest BCUT2D eigenvalue weighted by Crippen LogP contribution is -2.45. The second-order valence-corrected chi connectivity index (χ2v) is 3.81. The first-order valence-corrected chi connectivity index (χ1v) is 4.05. The SMILES string of the molecule is CC1(C)C2C=CCC1OC=N2. The van der Waals surface area contributed by atoms with Crippen molar-refractivity contribution in [3.8, 4) is 0 Å². The number of ether oxygens (including phenoxy) is 1. The molecule has 2 nitrogen and oxygen atoms in total. The van der Waals surface area contributed by atoms with Crippen LogP contribution in [0, 0.1) is 5.41 Å². The molecular formula is C9H13NO. The molecule has 1 aliphatic carbocycles. The summed E-state index contributed by atoms with van der Waals surface area (Å²) in [6.45, 7) is 4.42. The molecule has 0 amide bonds. The monoisotopic (exact) mass is 151 g/mol. The number of rotatable bonds is 0. The van der Waals surface area contributed by atoms with Crippen LogP contribution >= 0.6 is 0 Å². The minimum absolute atomic E-state index is 0.184. The highest BCUT2D eigenvalue weighted by molar-refractivity contribution is 5.50. The molecule has 2 rings (SSSR count). The molecule has 0 aromatic carbocycles. The zero-order valence-corrected chi connectivity index (χ0v) is 6.95. The van der Waals surface area contributed by atoms with Gasteiger partial charge in [-0.2, -0.15) is 0 Å². The molecule has 0 saturated carbocycles. The fraction of sp³-hybridized carbons (Fsp3) is 0.667. The Kier molecular flexibility index (Phi) is 1.31. The van der Waals surface area contributed by atoms with Gasteiger partial charge in [-0.1, -0.05) is 26.0 Å². The molecule has 1 aliphatic heterocycles. The van der Waals surface area contributed by atoms with Crippen molar-refractivity contribution in [1.29, 1.82) is 0 Å². The summed E-state index contributed by atoms with van der Waals surface area (Å²) in [6, 6.07) is 0.329. The highest BCUT2D eigenvalue weighted by Gasteiger charge is 2.41. The third kappa shape index (κ3) is 0.889. The summed E-state index contributed by atoms with van der Waals surface area (Å²) in [7, 11) is 0. The van der Waals surface area contributed by atoms with Crippen molar-refractivity contribution in [2.45, 2.75) is 32.4 Å². The van der Waals surface area contributed by atoms with E-state index in [0.29, 0.717) is 12.1 Å². The van der Waals surface area contributed by atoms with Crippen LogP contribution in [-0.2, 0) is 4.74 Å². The summed E-state index contributed by atoms with van der Waals surface area (Å²) in [4.78, 5) is 4.27. The van der Waals surface area contributed by atoms with Gasteiger partial charge in [0.2, 0.25) is 0 Å². The molecule has 0 aromatic heterocycles. The van der Waals surface area contributed by atoms with E-state index in [9.17, 15) is 0 Å². The highest BCUT2D eigenvalue weighted by Crippen LogP contribution is 2.37. The average Bonchev–Trinajstić information content (AvgIpc) is 1.82. The van der Waals surface area contributed by atoms with Crippen LogP contribution in [-0.4, -0.2) is 18.5 Å². The Morgan fingerprint density at radius 2 is 2.36 bits per heavy atom. The van der Waals surface area contributed by atoms with Gasteiger partial charge in [-0.25, -0.2) is 0 Å². The summed E-state index contributed by atoms with van der Waals surface area (Å²) in [5.41, 5.74) is 0.184. The van der Waals surface area contributed by atoms with Crippen LogP contribution < -0.4 is 0 Å². The Labute approximate surface area is 67.0 Å². The Morgan fingerprint density at radius 3 is 3.00 bits per heavy atom. The molecule has 2 unspecified atom stereocenters. The molecule has 60 valence electrons. The largest absolute Gasteiger partial charge is 0.479 e. The smallest absolute Gasteiger partial charge is 0.170 e. The predicted octanol–water partition coefficient (Wildman–Crippen LogP) is 1.77. The molecule has 1 heterocycles. The first-order valence-electron chi connectivity index (χ1n) is 4.05. The van der Waals surface area contributed by atoms with Gasteiger partial charge in [0, 0.05) is 11.8 Å². The normalized spacial score (nSPS) is 38.4. The average molecular weight is 151 g/mol. The van der Waals surface area contributed by atoms with E-state index in [4.69, 9.17) is 4.74 Å². The maximum Gasteiger partial charge on any atom is 0.170 e. The van der Waals surface area contributed by atoms with E-state index in [2.05, 4.69) is 31.0 Å². The molecule has 2 heteroatoms. The highest BCUT2D eigenvalue weighted by atomic mass is 16.5. The van der Waals surface area contributed by atoms with E-state index < -0.39 is 0 Å². The molecule has 0 spiro atoms. The summed E-state index contributed by atoms with van der Waals surface area (Å²) < 4.78 is 5.42. The van der Waals surface area contributed by atoms with E-state index in [0.717, 1.165) is 6.42 Å². The molecule has 0 fully saturated rings. The van der Waals surface area contributed by atoms with Crippen LogP contribution in [0.4, 0.5) is 0 Å². The van der Waals surface area contributed by atoms with Gasteiger partial charge >= 0.3 is 0 Å².